The zero-order chi connectivity index (χ0) is 16.8. The molecule has 1 aromatic rings. The number of piperidine rings is 1. The van der Waals surface area contributed by atoms with E-state index in [0.717, 1.165) is 45.2 Å². The van der Waals surface area contributed by atoms with Gasteiger partial charge in [0.2, 0.25) is 5.91 Å². The van der Waals surface area contributed by atoms with Crippen molar-refractivity contribution in [1.82, 2.24) is 15.1 Å². The molecule has 2 aliphatic rings. The number of piperazine rings is 1. The third-order valence-corrected chi connectivity index (χ3v) is 4.94. The Morgan fingerprint density at radius 2 is 1.71 bits per heavy atom. The summed E-state index contributed by atoms with van der Waals surface area (Å²) in [5, 5.41) is 6.24. The fourth-order valence-electron chi connectivity index (χ4n) is 3.50. The van der Waals surface area contributed by atoms with Crippen LogP contribution in [0.3, 0.4) is 0 Å². The van der Waals surface area contributed by atoms with Gasteiger partial charge >= 0.3 is 0 Å². The molecule has 0 aliphatic carbocycles. The number of amides is 1. The fourth-order valence-corrected chi connectivity index (χ4v) is 3.50. The summed E-state index contributed by atoms with van der Waals surface area (Å²) in [6, 6.07) is 5.89. The molecule has 0 spiro atoms. The Morgan fingerprint density at radius 1 is 1.08 bits per heavy atom. The average molecular weight is 334 g/mol. The lowest BCUT2D eigenvalue weighted by molar-refractivity contribution is -0.117. The van der Waals surface area contributed by atoms with E-state index in [0.29, 0.717) is 12.2 Å². The van der Waals surface area contributed by atoms with Crippen molar-refractivity contribution in [3.63, 3.8) is 0 Å². The second-order valence-electron chi connectivity index (χ2n) is 6.83. The van der Waals surface area contributed by atoms with Crippen LogP contribution >= 0.6 is 0 Å². The summed E-state index contributed by atoms with van der Waals surface area (Å²) >= 11 is 0. The van der Waals surface area contributed by atoms with Crippen molar-refractivity contribution in [3.8, 4) is 0 Å². The lowest BCUT2D eigenvalue weighted by Gasteiger charge is -2.37. The number of anilines is 1. The van der Waals surface area contributed by atoms with Gasteiger partial charge in [-0.05, 0) is 56.1 Å². The van der Waals surface area contributed by atoms with Crippen molar-refractivity contribution < 1.29 is 9.18 Å². The third-order valence-electron chi connectivity index (χ3n) is 4.94. The first-order chi connectivity index (χ1) is 11.7. The molecule has 2 N–H and O–H groups in total. The molecule has 2 saturated heterocycles. The Labute approximate surface area is 143 Å². The average Bonchev–Trinajstić information content (AvgIpc) is 2.60. The number of carbonyl (C=O) groups excluding carboxylic acids is 1. The van der Waals surface area contributed by atoms with Gasteiger partial charge in [0.25, 0.3) is 0 Å². The first kappa shape index (κ1) is 17.3. The number of benzene rings is 1. The highest BCUT2D eigenvalue weighted by Gasteiger charge is 2.22. The second kappa shape index (κ2) is 8.55. The van der Waals surface area contributed by atoms with Gasteiger partial charge in [-0.2, -0.15) is 0 Å². The van der Waals surface area contributed by atoms with Crippen LogP contribution in [-0.4, -0.2) is 68.1 Å². The summed E-state index contributed by atoms with van der Waals surface area (Å²) in [6.45, 7) is 7.82. The van der Waals surface area contributed by atoms with Crippen LogP contribution in [0.4, 0.5) is 10.1 Å². The van der Waals surface area contributed by atoms with E-state index in [-0.39, 0.29) is 11.7 Å². The Kier molecular flexibility index (Phi) is 6.18. The van der Waals surface area contributed by atoms with E-state index in [1.165, 1.54) is 31.5 Å². The van der Waals surface area contributed by atoms with Crippen molar-refractivity contribution >= 4 is 11.6 Å². The highest BCUT2D eigenvalue weighted by atomic mass is 19.1. The summed E-state index contributed by atoms with van der Waals surface area (Å²) in [5.41, 5.74) is 0.644. The molecule has 2 aliphatic heterocycles. The molecule has 132 valence electrons. The number of hydrogen-bond donors (Lipinski definition) is 2. The molecule has 6 heteroatoms. The summed E-state index contributed by atoms with van der Waals surface area (Å²) < 4.78 is 12.9. The minimum Gasteiger partial charge on any atom is -0.325 e. The summed E-state index contributed by atoms with van der Waals surface area (Å²) in [5.74, 6) is 0.492. The van der Waals surface area contributed by atoms with Gasteiger partial charge in [-0.25, -0.2) is 4.39 Å². The summed E-state index contributed by atoms with van der Waals surface area (Å²) in [4.78, 5) is 16.8. The molecule has 0 saturated carbocycles. The van der Waals surface area contributed by atoms with Gasteiger partial charge in [0.05, 0.1) is 6.54 Å². The van der Waals surface area contributed by atoms with E-state index in [9.17, 15) is 9.18 Å². The molecule has 0 atom stereocenters. The van der Waals surface area contributed by atoms with Crippen LogP contribution in [0.2, 0.25) is 0 Å². The van der Waals surface area contributed by atoms with Crippen molar-refractivity contribution in [2.75, 3.05) is 57.7 Å². The largest absolute Gasteiger partial charge is 0.325 e. The number of nitrogens with zero attached hydrogens (tertiary/aromatic N) is 2. The van der Waals surface area contributed by atoms with E-state index >= 15 is 0 Å². The number of hydrogen-bond acceptors (Lipinski definition) is 4. The molecule has 0 radical (unpaired) electrons. The highest BCUT2D eigenvalue weighted by molar-refractivity contribution is 5.92. The predicted molar refractivity (Wildman–Crippen MR) is 93.5 cm³/mol. The van der Waals surface area contributed by atoms with Gasteiger partial charge in [0.1, 0.15) is 5.82 Å². The third kappa shape index (κ3) is 5.26. The van der Waals surface area contributed by atoms with Crippen molar-refractivity contribution in [2.24, 2.45) is 5.92 Å². The van der Waals surface area contributed by atoms with Crippen LogP contribution in [0.15, 0.2) is 24.3 Å². The minimum atomic E-state index is -0.294. The predicted octanol–water partition coefficient (Wildman–Crippen LogP) is 1.38. The number of halogens is 1. The van der Waals surface area contributed by atoms with Crippen molar-refractivity contribution in [2.45, 2.75) is 12.8 Å². The number of rotatable bonds is 5. The van der Waals surface area contributed by atoms with E-state index in [1.54, 1.807) is 12.1 Å². The number of nitrogens with one attached hydrogen (secondary N) is 2. The van der Waals surface area contributed by atoms with Crippen molar-refractivity contribution in [3.05, 3.63) is 30.1 Å². The molecule has 1 aromatic carbocycles. The van der Waals surface area contributed by atoms with Crippen LogP contribution in [0.25, 0.3) is 0 Å². The quantitative estimate of drug-likeness (QED) is 0.854. The maximum Gasteiger partial charge on any atom is 0.238 e. The minimum absolute atomic E-state index is 0.0339. The van der Waals surface area contributed by atoms with Crippen LogP contribution in [0.1, 0.15) is 12.8 Å². The standard InChI is InChI=1S/C18H27FN4O/c19-16-1-3-17(4-2-16)21-18(24)14-23-11-9-22(10-12-23)13-15-5-7-20-8-6-15/h1-4,15,20H,5-14H2,(H,21,24). The topological polar surface area (TPSA) is 47.6 Å². The Balaban J connectivity index is 1.37. The molecule has 0 aromatic heterocycles. The molecule has 3 rings (SSSR count). The summed E-state index contributed by atoms with van der Waals surface area (Å²) in [6.07, 6.45) is 2.56. The maximum absolute atomic E-state index is 12.9. The van der Waals surface area contributed by atoms with Gasteiger partial charge in [-0.15, -0.1) is 0 Å². The highest BCUT2D eigenvalue weighted by Crippen LogP contribution is 2.15. The molecule has 1 amide bonds. The van der Waals surface area contributed by atoms with Crippen molar-refractivity contribution in [1.29, 1.82) is 0 Å². The molecular formula is C18H27FN4O. The SMILES string of the molecule is O=C(CN1CCN(CC2CCNCC2)CC1)Nc1ccc(F)cc1. The molecule has 5 nitrogen and oxygen atoms in total. The molecule has 2 heterocycles. The van der Waals surface area contributed by atoms with Crippen LogP contribution < -0.4 is 10.6 Å². The molecular weight excluding hydrogens is 307 g/mol. The van der Waals surface area contributed by atoms with E-state index < -0.39 is 0 Å². The van der Waals surface area contributed by atoms with E-state index in [4.69, 9.17) is 0 Å². The Hall–Kier alpha value is -1.50. The summed E-state index contributed by atoms with van der Waals surface area (Å²) in [7, 11) is 0. The van der Waals surface area contributed by atoms with Crippen LogP contribution in [0.5, 0.6) is 0 Å². The maximum atomic E-state index is 12.9. The first-order valence-electron chi connectivity index (χ1n) is 8.90. The van der Waals surface area contributed by atoms with Gasteiger partial charge in [0, 0.05) is 38.4 Å². The fraction of sp³-hybridized carbons (Fsp3) is 0.611. The molecule has 0 bridgehead atoms. The molecule has 0 unspecified atom stereocenters. The van der Waals surface area contributed by atoms with Gasteiger partial charge in [-0.1, -0.05) is 0 Å². The zero-order valence-electron chi connectivity index (χ0n) is 14.1. The van der Waals surface area contributed by atoms with Gasteiger partial charge in [-0.3, -0.25) is 9.69 Å². The van der Waals surface area contributed by atoms with Gasteiger partial charge < -0.3 is 15.5 Å². The Morgan fingerprint density at radius 3 is 2.38 bits per heavy atom. The van der Waals surface area contributed by atoms with Crippen LogP contribution in [-0.2, 0) is 4.79 Å². The Bertz CT molecular complexity index is 522. The smallest absolute Gasteiger partial charge is 0.238 e. The van der Waals surface area contributed by atoms with E-state index in [1.807, 2.05) is 0 Å². The lowest BCUT2D eigenvalue weighted by Crippen LogP contribution is -2.50. The lowest BCUT2D eigenvalue weighted by atomic mass is 9.97. The van der Waals surface area contributed by atoms with Crippen LogP contribution in [0, 0.1) is 11.7 Å². The van der Waals surface area contributed by atoms with Gasteiger partial charge in [0.15, 0.2) is 0 Å². The zero-order valence-corrected chi connectivity index (χ0v) is 14.1. The molecule has 24 heavy (non-hydrogen) atoms. The molecule has 2 fully saturated rings. The first-order valence-corrected chi connectivity index (χ1v) is 8.90. The normalized spacial score (nSPS) is 20.9. The number of carbonyl (C=O) groups is 1. The second-order valence-corrected chi connectivity index (χ2v) is 6.83. The van der Waals surface area contributed by atoms with E-state index in [2.05, 4.69) is 20.4 Å². The monoisotopic (exact) mass is 334 g/mol.